The molecule has 0 bridgehead atoms. The summed E-state index contributed by atoms with van der Waals surface area (Å²) < 4.78 is 4.99. The molecular formula is C5H7N2O. The number of nitrogens with one attached hydrogen (secondary N) is 1. The summed E-state index contributed by atoms with van der Waals surface area (Å²) in [4.78, 5) is 0. The normalized spacial score (nSPS) is 27.5. The Hall–Kier alpha value is -0.730. The smallest absolute Gasteiger partial charge is 0.259 e. The average Bonchev–Trinajstić information content (AvgIpc) is 2.49. The fourth-order valence-electron chi connectivity index (χ4n) is 0.732. The predicted octanol–water partition coefficient (Wildman–Crippen LogP) is 0.449. The quantitative estimate of drug-likeness (QED) is 0.533. The Morgan fingerprint density at radius 2 is 2.62 bits per heavy atom. The molecule has 8 heavy (non-hydrogen) atoms. The van der Waals surface area contributed by atoms with Crippen molar-refractivity contribution in [1.29, 1.82) is 0 Å². The Kier molecular flexibility index (Phi) is 0.716. The lowest BCUT2D eigenvalue weighted by atomic mass is 10.4. The van der Waals surface area contributed by atoms with Crippen LogP contribution in [0.2, 0.25) is 0 Å². The third-order valence-electron chi connectivity index (χ3n) is 1.36. The highest BCUT2D eigenvalue weighted by Crippen LogP contribution is 2.37. The van der Waals surface area contributed by atoms with Gasteiger partial charge in [0.05, 0.1) is 0 Å². The third kappa shape index (κ3) is 0.546. The van der Waals surface area contributed by atoms with Crippen LogP contribution in [0.15, 0.2) is 5.10 Å². The highest BCUT2D eigenvalue weighted by Gasteiger charge is 2.35. The van der Waals surface area contributed by atoms with Crippen LogP contribution in [0, 0.1) is 12.1 Å². The van der Waals surface area contributed by atoms with Gasteiger partial charge in [-0.1, -0.05) is 0 Å². The topological polar surface area (TPSA) is 33.6 Å². The Bertz CT molecular complexity index is 112. The van der Waals surface area contributed by atoms with Gasteiger partial charge in [0.25, 0.3) is 6.23 Å². The van der Waals surface area contributed by atoms with Gasteiger partial charge in [-0.15, -0.1) is 5.10 Å². The van der Waals surface area contributed by atoms with Crippen molar-refractivity contribution in [2.75, 3.05) is 0 Å². The van der Waals surface area contributed by atoms with E-state index in [-0.39, 0.29) is 0 Å². The van der Waals surface area contributed by atoms with Crippen molar-refractivity contribution in [1.82, 2.24) is 5.43 Å². The summed E-state index contributed by atoms with van der Waals surface area (Å²) in [5, 5.41) is 3.69. The molecule has 0 spiro atoms. The molecule has 0 aromatic rings. The van der Waals surface area contributed by atoms with Crippen LogP contribution < -0.4 is 5.43 Å². The van der Waals surface area contributed by atoms with Crippen molar-refractivity contribution < 1.29 is 4.74 Å². The van der Waals surface area contributed by atoms with Crippen LogP contribution in [0.1, 0.15) is 12.8 Å². The van der Waals surface area contributed by atoms with Gasteiger partial charge in [-0.2, -0.15) is 0 Å². The first-order valence-electron chi connectivity index (χ1n) is 2.78. The highest BCUT2D eigenvalue weighted by molar-refractivity contribution is 5.49. The Morgan fingerprint density at radius 1 is 1.75 bits per heavy atom. The first-order chi connectivity index (χ1) is 3.97. The standard InChI is InChI=1S/C5H7N2O/c1-2-4(1)5-7-6-3-8-5/h3-4,7H,1-2H2. The largest absolute Gasteiger partial charge is 0.448 e. The number of rotatable bonds is 1. The van der Waals surface area contributed by atoms with Gasteiger partial charge in [0.15, 0.2) is 6.40 Å². The molecule has 1 heterocycles. The van der Waals surface area contributed by atoms with Crippen LogP contribution >= 0.6 is 0 Å². The van der Waals surface area contributed by atoms with Gasteiger partial charge < -0.3 is 4.74 Å². The lowest BCUT2D eigenvalue weighted by molar-refractivity contribution is 0.290. The summed E-state index contributed by atoms with van der Waals surface area (Å²) in [5.41, 5.74) is 2.78. The van der Waals surface area contributed by atoms with Gasteiger partial charge in [0.1, 0.15) is 0 Å². The van der Waals surface area contributed by atoms with E-state index in [2.05, 4.69) is 10.5 Å². The van der Waals surface area contributed by atoms with Crippen molar-refractivity contribution in [2.45, 2.75) is 12.8 Å². The van der Waals surface area contributed by atoms with Gasteiger partial charge in [0.2, 0.25) is 0 Å². The van der Waals surface area contributed by atoms with Crippen molar-refractivity contribution in [3.05, 3.63) is 6.23 Å². The first kappa shape index (κ1) is 4.18. The molecule has 43 valence electrons. The number of nitrogens with zero attached hydrogens (tertiary/aromatic N) is 1. The lowest BCUT2D eigenvalue weighted by Crippen LogP contribution is -2.12. The fraction of sp³-hybridized carbons (Fsp3) is 0.600. The molecule has 0 unspecified atom stereocenters. The molecule has 0 aromatic heterocycles. The fourth-order valence-corrected chi connectivity index (χ4v) is 0.732. The molecule has 1 fully saturated rings. The summed E-state index contributed by atoms with van der Waals surface area (Å²) >= 11 is 0. The van der Waals surface area contributed by atoms with Crippen LogP contribution in [0.3, 0.4) is 0 Å². The van der Waals surface area contributed by atoms with E-state index in [1.54, 1.807) is 0 Å². The third-order valence-corrected chi connectivity index (χ3v) is 1.36. The van der Waals surface area contributed by atoms with E-state index in [9.17, 15) is 0 Å². The molecule has 1 saturated carbocycles. The van der Waals surface area contributed by atoms with E-state index in [0.717, 1.165) is 6.23 Å². The number of hydrogen-bond acceptors (Lipinski definition) is 3. The maximum Gasteiger partial charge on any atom is 0.259 e. The molecular weight excluding hydrogens is 104 g/mol. The van der Waals surface area contributed by atoms with Gasteiger partial charge in [0, 0.05) is 5.92 Å². The zero-order valence-electron chi connectivity index (χ0n) is 4.42. The van der Waals surface area contributed by atoms with Gasteiger partial charge in [-0.25, -0.2) is 0 Å². The predicted molar refractivity (Wildman–Crippen MR) is 28.7 cm³/mol. The molecule has 1 N–H and O–H groups in total. The molecule has 0 aromatic carbocycles. The summed E-state index contributed by atoms with van der Waals surface area (Å²) in [7, 11) is 0. The summed E-state index contributed by atoms with van der Waals surface area (Å²) in [6, 6.07) is 0. The second-order valence-electron chi connectivity index (χ2n) is 2.10. The molecule has 1 aliphatic carbocycles. The zero-order valence-corrected chi connectivity index (χ0v) is 4.42. The van der Waals surface area contributed by atoms with Crippen molar-refractivity contribution >= 4 is 6.40 Å². The summed E-state index contributed by atoms with van der Waals surface area (Å²) in [6.45, 7) is 0. The Morgan fingerprint density at radius 3 is 3.12 bits per heavy atom. The van der Waals surface area contributed by atoms with E-state index in [1.807, 2.05) is 0 Å². The first-order valence-corrected chi connectivity index (χ1v) is 2.78. The minimum absolute atomic E-state index is 0.650. The zero-order chi connectivity index (χ0) is 5.40. The molecule has 2 rings (SSSR count). The molecule has 2 aliphatic rings. The molecule has 1 radical (unpaired) electrons. The minimum atomic E-state index is 0.650. The maximum absolute atomic E-state index is 4.99. The molecule has 3 nitrogen and oxygen atoms in total. The number of hydrogen-bond donors (Lipinski definition) is 1. The Balaban J connectivity index is 1.90. The second kappa shape index (κ2) is 1.37. The lowest BCUT2D eigenvalue weighted by Gasteiger charge is -2.02. The van der Waals surface area contributed by atoms with E-state index >= 15 is 0 Å². The van der Waals surface area contributed by atoms with Crippen LogP contribution in [0.5, 0.6) is 0 Å². The second-order valence-corrected chi connectivity index (χ2v) is 2.10. The van der Waals surface area contributed by atoms with Crippen molar-refractivity contribution in [3.63, 3.8) is 0 Å². The number of hydrazone groups is 1. The molecule has 0 saturated heterocycles. The van der Waals surface area contributed by atoms with Crippen LogP contribution in [-0.2, 0) is 4.74 Å². The maximum atomic E-state index is 4.99. The van der Waals surface area contributed by atoms with Crippen molar-refractivity contribution in [3.8, 4) is 0 Å². The van der Waals surface area contributed by atoms with Crippen molar-refractivity contribution in [2.24, 2.45) is 11.0 Å². The monoisotopic (exact) mass is 111 g/mol. The highest BCUT2D eigenvalue weighted by atomic mass is 16.5. The number of ether oxygens (including phenoxy) is 1. The molecule has 0 atom stereocenters. The summed E-state index contributed by atoms with van der Waals surface area (Å²) in [6.07, 6.45) is 4.88. The molecule has 3 heteroatoms. The minimum Gasteiger partial charge on any atom is -0.448 e. The molecule has 0 amide bonds. The Labute approximate surface area is 47.7 Å². The van der Waals surface area contributed by atoms with E-state index in [1.165, 1.54) is 19.2 Å². The van der Waals surface area contributed by atoms with Crippen LogP contribution in [-0.4, -0.2) is 6.40 Å². The van der Waals surface area contributed by atoms with Gasteiger partial charge in [-0.05, 0) is 12.8 Å². The van der Waals surface area contributed by atoms with Crippen LogP contribution in [0.4, 0.5) is 0 Å². The van der Waals surface area contributed by atoms with E-state index in [0.29, 0.717) is 5.92 Å². The SMILES string of the molecule is C1=NN[C](C2CC2)O1. The van der Waals surface area contributed by atoms with Gasteiger partial charge >= 0.3 is 0 Å². The average molecular weight is 111 g/mol. The molecule has 1 aliphatic heterocycles. The van der Waals surface area contributed by atoms with Crippen LogP contribution in [0.25, 0.3) is 0 Å². The summed E-state index contributed by atoms with van der Waals surface area (Å²) in [5.74, 6) is 0.650. The van der Waals surface area contributed by atoms with E-state index < -0.39 is 0 Å². The van der Waals surface area contributed by atoms with Gasteiger partial charge in [-0.3, -0.25) is 5.43 Å². The van der Waals surface area contributed by atoms with E-state index in [4.69, 9.17) is 4.74 Å².